The lowest BCUT2D eigenvalue weighted by molar-refractivity contribution is 0.738. The van der Waals surface area contributed by atoms with Crippen molar-refractivity contribution in [2.24, 2.45) is 0 Å². The maximum absolute atomic E-state index is 4.03. The van der Waals surface area contributed by atoms with Gasteiger partial charge in [-0.05, 0) is 34.7 Å². The Morgan fingerprint density at radius 1 is 1.62 bits per heavy atom. The topological polar surface area (TPSA) is 41.6 Å². The Balaban J connectivity index is 2.04. The molecule has 0 bridgehead atoms. The third-order valence-corrected chi connectivity index (χ3v) is 2.79. The molecule has 0 spiro atoms. The molecule has 0 saturated heterocycles. The van der Waals surface area contributed by atoms with Gasteiger partial charge in [-0.25, -0.2) is 0 Å². The molecule has 2 aromatic rings. The molecule has 0 saturated carbocycles. The third-order valence-electron chi connectivity index (χ3n) is 2.09. The Bertz CT molecular complexity index is 339. The zero-order chi connectivity index (χ0) is 9.10. The van der Waals surface area contributed by atoms with Crippen molar-refractivity contribution in [3.8, 4) is 0 Å². The molecule has 2 heterocycles. The smallest absolute Gasteiger partial charge is 0.0830 e. The molecule has 1 atom stereocenters. The van der Waals surface area contributed by atoms with Gasteiger partial charge >= 0.3 is 0 Å². The van der Waals surface area contributed by atoms with Crippen LogP contribution in [0, 0.1) is 0 Å². The second-order valence-electron chi connectivity index (χ2n) is 3.12. The standard InChI is InChI=1S/C9H11N3S/c1-7(8-2-3-13-6-8)4-9-5-10-12-11-9/h2-3,5-7H,4H2,1H3,(H,10,11,12). The van der Waals surface area contributed by atoms with Crippen LogP contribution in [0.2, 0.25) is 0 Å². The fourth-order valence-electron chi connectivity index (χ4n) is 1.31. The summed E-state index contributed by atoms with van der Waals surface area (Å²) in [5, 5.41) is 14.7. The predicted octanol–water partition coefficient (Wildman–Crippen LogP) is 2.21. The number of hydrogen-bond acceptors (Lipinski definition) is 3. The van der Waals surface area contributed by atoms with Crippen LogP contribution in [0.1, 0.15) is 24.1 Å². The van der Waals surface area contributed by atoms with Crippen LogP contribution in [0.15, 0.2) is 23.0 Å². The number of H-pyrrole nitrogens is 1. The van der Waals surface area contributed by atoms with Crippen molar-refractivity contribution in [2.75, 3.05) is 0 Å². The summed E-state index contributed by atoms with van der Waals surface area (Å²) in [5.41, 5.74) is 2.41. The van der Waals surface area contributed by atoms with E-state index in [-0.39, 0.29) is 0 Å². The first-order chi connectivity index (χ1) is 6.36. The summed E-state index contributed by atoms with van der Waals surface area (Å²) >= 11 is 1.74. The summed E-state index contributed by atoms with van der Waals surface area (Å²) in [6, 6.07) is 2.16. The average molecular weight is 193 g/mol. The van der Waals surface area contributed by atoms with Crippen LogP contribution in [-0.2, 0) is 6.42 Å². The number of nitrogens with one attached hydrogen (secondary N) is 1. The second kappa shape index (κ2) is 3.70. The molecule has 4 heteroatoms. The largest absolute Gasteiger partial charge is 0.198 e. The van der Waals surface area contributed by atoms with Crippen LogP contribution in [0.25, 0.3) is 0 Å². The number of rotatable bonds is 3. The van der Waals surface area contributed by atoms with Crippen molar-refractivity contribution in [1.29, 1.82) is 0 Å². The highest BCUT2D eigenvalue weighted by Gasteiger charge is 2.08. The van der Waals surface area contributed by atoms with Crippen LogP contribution < -0.4 is 0 Å². The van der Waals surface area contributed by atoms with Gasteiger partial charge < -0.3 is 0 Å². The highest BCUT2D eigenvalue weighted by Crippen LogP contribution is 2.21. The van der Waals surface area contributed by atoms with Crippen LogP contribution >= 0.6 is 11.3 Å². The first kappa shape index (κ1) is 8.44. The molecule has 68 valence electrons. The monoisotopic (exact) mass is 193 g/mol. The lowest BCUT2D eigenvalue weighted by atomic mass is 10.00. The van der Waals surface area contributed by atoms with Crippen molar-refractivity contribution in [2.45, 2.75) is 19.3 Å². The van der Waals surface area contributed by atoms with E-state index in [2.05, 4.69) is 39.2 Å². The van der Waals surface area contributed by atoms with Gasteiger partial charge in [0.1, 0.15) is 0 Å². The SMILES string of the molecule is CC(Cc1cn[nH]n1)c1ccsc1. The van der Waals surface area contributed by atoms with E-state index < -0.39 is 0 Å². The quantitative estimate of drug-likeness (QED) is 0.812. The Kier molecular flexibility index (Phi) is 2.40. The molecule has 0 aliphatic carbocycles. The van der Waals surface area contributed by atoms with Crippen LogP contribution in [0.4, 0.5) is 0 Å². The summed E-state index contributed by atoms with van der Waals surface area (Å²) in [4.78, 5) is 0. The maximum atomic E-state index is 4.03. The number of aromatic nitrogens is 3. The normalized spacial score (nSPS) is 13.0. The molecule has 0 amide bonds. The first-order valence-corrected chi connectivity index (χ1v) is 5.17. The van der Waals surface area contributed by atoms with Crippen molar-refractivity contribution in [1.82, 2.24) is 15.4 Å². The van der Waals surface area contributed by atoms with Crippen molar-refractivity contribution < 1.29 is 0 Å². The fourth-order valence-corrected chi connectivity index (χ4v) is 2.09. The molecule has 1 N–H and O–H groups in total. The minimum Gasteiger partial charge on any atom is -0.198 e. The zero-order valence-corrected chi connectivity index (χ0v) is 8.21. The summed E-state index contributed by atoms with van der Waals surface area (Å²) in [5.74, 6) is 0.524. The second-order valence-corrected chi connectivity index (χ2v) is 3.90. The molecule has 0 radical (unpaired) electrons. The van der Waals surface area contributed by atoms with Gasteiger partial charge in [-0.2, -0.15) is 26.7 Å². The Hall–Kier alpha value is -1.16. The molecule has 2 aromatic heterocycles. The molecule has 0 aromatic carbocycles. The van der Waals surface area contributed by atoms with Gasteiger partial charge in [0.05, 0.1) is 11.9 Å². The molecule has 1 unspecified atom stereocenters. The summed E-state index contributed by atoms with van der Waals surface area (Å²) in [7, 11) is 0. The van der Waals surface area contributed by atoms with Crippen LogP contribution in [-0.4, -0.2) is 15.4 Å². The number of thiophene rings is 1. The van der Waals surface area contributed by atoms with Crippen molar-refractivity contribution in [3.05, 3.63) is 34.3 Å². The molecule has 2 rings (SSSR count). The van der Waals surface area contributed by atoms with Gasteiger partial charge in [0.2, 0.25) is 0 Å². The highest BCUT2D eigenvalue weighted by atomic mass is 32.1. The summed E-state index contributed by atoms with van der Waals surface area (Å²) < 4.78 is 0. The van der Waals surface area contributed by atoms with E-state index in [0.717, 1.165) is 12.1 Å². The van der Waals surface area contributed by atoms with Crippen molar-refractivity contribution >= 4 is 11.3 Å². The lowest BCUT2D eigenvalue weighted by Crippen LogP contribution is -1.96. The van der Waals surface area contributed by atoms with Gasteiger partial charge in [-0.1, -0.05) is 6.92 Å². The minimum atomic E-state index is 0.524. The van der Waals surface area contributed by atoms with E-state index in [9.17, 15) is 0 Å². The Labute approximate surface area is 80.8 Å². The van der Waals surface area contributed by atoms with Gasteiger partial charge in [0.15, 0.2) is 0 Å². The predicted molar refractivity (Wildman–Crippen MR) is 52.8 cm³/mol. The highest BCUT2D eigenvalue weighted by molar-refractivity contribution is 7.07. The molecular formula is C9H11N3S. The van der Waals surface area contributed by atoms with Crippen LogP contribution in [0.3, 0.4) is 0 Å². The van der Waals surface area contributed by atoms with E-state index >= 15 is 0 Å². The van der Waals surface area contributed by atoms with Crippen LogP contribution in [0.5, 0.6) is 0 Å². The van der Waals surface area contributed by atoms with Gasteiger partial charge in [-0.15, -0.1) is 0 Å². The minimum absolute atomic E-state index is 0.524. The summed E-state index contributed by atoms with van der Waals surface area (Å²) in [6.45, 7) is 2.21. The van der Waals surface area contributed by atoms with Crippen molar-refractivity contribution in [3.63, 3.8) is 0 Å². The molecule has 0 aliphatic rings. The number of nitrogens with zero attached hydrogens (tertiary/aromatic N) is 2. The van der Waals surface area contributed by atoms with E-state index in [4.69, 9.17) is 0 Å². The number of hydrogen-bond donors (Lipinski definition) is 1. The van der Waals surface area contributed by atoms with E-state index in [1.807, 2.05) is 0 Å². The Morgan fingerprint density at radius 3 is 3.15 bits per heavy atom. The molecule has 0 aliphatic heterocycles. The Morgan fingerprint density at radius 2 is 2.54 bits per heavy atom. The summed E-state index contributed by atoms with van der Waals surface area (Å²) in [6.07, 6.45) is 2.73. The fraction of sp³-hybridized carbons (Fsp3) is 0.333. The van der Waals surface area contributed by atoms with E-state index in [1.54, 1.807) is 17.5 Å². The molecular weight excluding hydrogens is 182 g/mol. The van der Waals surface area contributed by atoms with Gasteiger partial charge in [0, 0.05) is 0 Å². The average Bonchev–Trinajstić information content (AvgIpc) is 2.74. The lowest BCUT2D eigenvalue weighted by Gasteiger charge is -2.05. The molecule has 3 nitrogen and oxygen atoms in total. The van der Waals surface area contributed by atoms with E-state index in [0.29, 0.717) is 5.92 Å². The van der Waals surface area contributed by atoms with E-state index in [1.165, 1.54) is 5.56 Å². The number of aromatic amines is 1. The zero-order valence-electron chi connectivity index (χ0n) is 7.40. The first-order valence-electron chi connectivity index (χ1n) is 4.23. The molecule has 0 fully saturated rings. The van der Waals surface area contributed by atoms with Gasteiger partial charge in [0.25, 0.3) is 0 Å². The van der Waals surface area contributed by atoms with Gasteiger partial charge in [-0.3, -0.25) is 0 Å². The third kappa shape index (κ3) is 1.95. The molecule has 13 heavy (non-hydrogen) atoms. The maximum Gasteiger partial charge on any atom is 0.0830 e.